The summed E-state index contributed by atoms with van der Waals surface area (Å²) in [6, 6.07) is 10.3. The molecule has 0 radical (unpaired) electrons. The molecule has 1 aromatic heterocycles. The molecule has 3 heteroatoms. The highest BCUT2D eigenvalue weighted by atomic mass is 16.1. The van der Waals surface area contributed by atoms with E-state index in [1.165, 1.54) is 11.1 Å². The number of rotatable bonds is 3. The van der Waals surface area contributed by atoms with Crippen molar-refractivity contribution >= 4 is 5.78 Å². The van der Waals surface area contributed by atoms with Crippen molar-refractivity contribution in [2.24, 2.45) is 13.0 Å². The van der Waals surface area contributed by atoms with Gasteiger partial charge in [0.05, 0.1) is 12.1 Å². The maximum Gasteiger partial charge on any atom is 0.142 e. The van der Waals surface area contributed by atoms with E-state index in [-0.39, 0.29) is 5.92 Å². The van der Waals surface area contributed by atoms with Crippen molar-refractivity contribution in [3.8, 4) is 0 Å². The van der Waals surface area contributed by atoms with Crippen molar-refractivity contribution in [2.45, 2.75) is 19.3 Å². The molecule has 0 amide bonds. The van der Waals surface area contributed by atoms with Gasteiger partial charge in [-0.05, 0) is 30.0 Å². The lowest BCUT2D eigenvalue weighted by Crippen LogP contribution is -2.17. The number of ketones is 1. The third-order valence-corrected chi connectivity index (χ3v) is 3.63. The molecule has 18 heavy (non-hydrogen) atoms. The van der Waals surface area contributed by atoms with Gasteiger partial charge in [-0.15, -0.1) is 0 Å². The van der Waals surface area contributed by atoms with E-state index < -0.39 is 0 Å². The topological polar surface area (TPSA) is 34.9 Å². The number of carbonyl (C=O) groups is 1. The summed E-state index contributed by atoms with van der Waals surface area (Å²) in [5.41, 5.74) is 3.53. The molecule has 92 valence electrons. The lowest BCUT2D eigenvalue weighted by molar-refractivity contribution is -0.122. The van der Waals surface area contributed by atoms with Crippen molar-refractivity contribution in [3.63, 3.8) is 0 Å². The van der Waals surface area contributed by atoms with E-state index in [1.54, 1.807) is 4.68 Å². The second kappa shape index (κ2) is 4.41. The first-order valence-electron chi connectivity index (χ1n) is 6.30. The Hall–Kier alpha value is -1.90. The molecule has 1 aliphatic rings. The van der Waals surface area contributed by atoms with E-state index in [2.05, 4.69) is 17.2 Å². The molecular weight excluding hydrogens is 224 g/mol. The summed E-state index contributed by atoms with van der Waals surface area (Å²) in [6.45, 7) is 0. The van der Waals surface area contributed by atoms with Crippen LogP contribution in [0.5, 0.6) is 0 Å². The Kier molecular flexibility index (Phi) is 2.74. The Balaban J connectivity index is 1.69. The van der Waals surface area contributed by atoms with Crippen LogP contribution in [0.15, 0.2) is 36.5 Å². The van der Waals surface area contributed by atoms with Crippen LogP contribution in [0, 0.1) is 5.92 Å². The van der Waals surface area contributed by atoms with Crippen LogP contribution in [-0.2, 0) is 31.1 Å². The van der Waals surface area contributed by atoms with Gasteiger partial charge >= 0.3 is 0 Å². The minimum Gasteiger partial charge on any atom is -0.299 e. The number of hydrogen-bond donors (Lipinski definition) is 0. The predicted octanol–water partition coefficient (Wildman–Crippen LogP) is 1.95. The Morgan fingerprint density at radius 2 is 1.94 bits per heavy atom. The lowest BCUT2D eigenvalue weighted by atomic mass is 9.97. The number of fused-ring (bicyclic) bond motifs is 1. The van der Waals surface area contributed by atoms with E-state index in [9.17, 15) is 4.79 Å². The second-order valence-electron chi connectivity index (χ2n) is 5.00. The Bertz CT molecular complexity index is 561. The molecule has 0 fully saturated rings. The van der Waals surface area contributed by atoms with Gasteiger partial charge in [-0.1, -0.05) is 24.3 Å². The van der Waals surface area contributed by atoms with E-state index in [0.717, 1.165) is 18.5 Å². The van der Waals surface area contributed by atoms with Crippen molar-refractivity contribution in [2.75, 3.05) is 0 Å². The largest absolute Gasteiger partial charge is 0.299 e. The van der Waals surface area contributed by atoms with Gasteiger partial charge in [0, 0.05) is 19.2 Å². The molecule has 0 unspecified atom stereocenters. The molecule has 0 N–H and O–H groups in total. The van der Waals surface area contributed by atoms with Crippen molar-refractivity contribution in [1.29, 1.82) is 0 Å². The molecule has 0 atom stereocenters. The molecule has 1 aliphatic carbocycles. The third kappa shape index (κ3) is 2.08. The summed E-state index contributed by atoms with van der Waals surface area (Å²) < 4.78 is 1.74. The van der Waals surface area contributed by atoms with Gasteiger partial charge in [-0.2, -0.15) is 5.10 Å². The Labute approximate surface area is 106 Å². The van der Waals surface area contributed by atoms with Crippen LogP contribution in [0.25, 0.3) is 0 Å². The van der Waals surface area contributed by atoms with E-state index in [1.807, 2.05) is 31.4 Å². The van der Waals surface area contributed by atoms with Crippen molar-refractivity contribution in [3.05, 3.63) is 53.3 Å². The predicted molar refractivity (Wildman–Crippen MR) is 69.3 cm³/mol. The molecule has 3 rings (SSSR count). The summed E-state index contributed by atoms with van der Waals surface area (Å²) in [4.78, 5) is 12.2. The van der Waals surface area contributed by atoms with Crippen molar-refractivity contribution < 1.29 is 4.79 Å². The fourth-order valence-corrected chi connectivity index (χ4v) is 2.67. The molecule has 0 saturated carbocycles. The first kappa shape index (κ1) is 11.2. The van der Waals surface area contributed by atoms with Gasteiger partial charge in [0.15, 0.2) is 0 Å². The fourth-order valence-electron chi connectivity index (χ4n) is 2.67. The third-order valence-electron chi connectivity index (χ3n) is 3.63. The van der Waals surface area contributed by atoms with Crippen molar-refractivity contribution in [1.82, 2.24) is 9.78 Å². The highest BCUT2D eigenvalue weighted by Crippen LogP contribution is 2.27. The molecule has 0 spiro atoms. The number of aromatic nitrogens is 2. The monoisotopic (exact) mass is 240 g/mol. The molecular formula is C15H16N2O. The minimum absolute atomic E-state index is 0.143. The number of hydrogen-bond acceptors (Lipinski definition) is 2. The molecule has 1 heterocycles. The SMILES string of the molecule is Cn1ccc(CC(=O)C2Cc3ccccc3C2)n1. The van der Waals surface area contributed by atoms with Crippen LogP contribution in [-0.4, -0.2) is 15.6 Å². The normalized spacial score (nSPS) is 14.7. The smallest absolute Gasteiger partial charge is 0.142 e. The van der Waals surface area contributed by atoms with Gasteiger partial charge < -0.3 is 0 Å². The number of Topliss-reactive ketones (excluding diaryl/α,β-unsaturated/α-hetero) is 1. The highest BCUT2D eigenvalue weighted by molar-refractivity contribution is 5.84. The maximum absolute atomic E-state index is 12.2. The molecule has 2 aromatic rings. The lowest BCUT2D eigenvalue weighted by Gasteiger charge is -2.05. The summed E-state index contributed by atoms with van der Waals surface area (Å²) >= 11 is 0. The number of benzene rings is 1. The van der Waals surface area contributed by atoms with Gasteiger partial charge in [0.1, 0.15) is 5.78 Å². The van der Waals surface area contributed by atoms with Gasteiger partial charge in [-0.25, -0.2) is 0 Å². The Morgan fingerprint density at radius 1 is 1.28 bits per heavy atom. The molecule has 0 bridgehead atoms. The number of nitrogens with zero attached hydrogens (tertiary/aromatic N) is 2. The summed E-state index contributed by atoms with van der Waals surface area (Å²) in [5, 5.41) is 4.27. The summed E-state index contributed by atoms with van der Waals surface area (Å²) in [7, 11) is 1.87. The number of aryl methyl sites for hydroxylation is 1. The molecule has 0 saturated heterocycles. The van der Waals surface area contributed by atoms with E-state index in [0.29, 0.717) is 12.2 Å². The van der Waals surface area contributed by atoms with Gasteiger partial charge in [-0.3, -0.25) is 9.48 Å². The highest BCUT2D eigenvalue weighted by Gasteiger charge is 2.27. The van der Waals surface area contributed by atoms with Crippen LogP contribution in [0.1, 0.15) is 16.8 Å². The Morgan fingerprint density at radius 3 is 2.50 bits per heavy atom. The standard InChI is InChI=1S/C15H16N2O/c1-17-7-6-14(16-17)10-15(18)13-8-11-4-2-3-5-12(11)9-13/h2-7,13H,8-10H2,1H3. The maximum atomic E-state index is 12.2. The molecule has 3 nitrogen and oxygen atoms in total. The zero-order valence-corrected chi connectivity index (χ0v) is 10.5. The first-order chi connectivity index (χ1) is 8.72. The summed E-state index contributed by atoms with van der Waals surface area (Å²) in [6.07, 6.45) is 4.12. The zero-order valence-electron chi connectivity index (χ0n) is 10.5. The average Bonchev–Trinajstić information content (AvgIpc) is 2.95. The molecule has 0 aliphatic heterocycles. The van der Waals surface area contributed by atoms with Crippen LogP contribution < -0.4 is 0 Å². The average molecular weight is 240 g/mol. The number of carbonyl (C=O) groups excluding carboxylic acids is 1. The van der Waals surface area contributed by atoms with E-state index in [4.69, 9.17) is 0 Å². The fraction of sp³-hybridized carbons (Fsp3) is 0.333. The first-order valence-corrected chi connectivity index (χ1v) is 6.30. The van der Waals surface area contributed by atoms with Crippen LogP contribution in [0.2, 0.25) is 0 Å². The zero-order chi connectivity index (χ0) is 12.5. The summed E-state index contributed by atoms with van der Waals surface area (Å²) in [5.74, 6) is 0.453. The van der Waals surface area contributed by atoms with Gasteiger partial charge in [0.25, 0.3) is 0 Å². The molecule has 1 aromatic carbocycles. The van der Waals surface area contributed by atoms with Crippen LogP contribution in [0.3, 0.4) is 0 Å². The van der Waals surface area contributed by atoms with E-state index >= 15 is 0 Å². The van der Waals surface area contributed by atoms with Crippen LogP contribution in [0.4, 0.5) is 0 Å². The minimum atomic E-state index is 0.143. The van der Waals surface area contributed by atoms with Gasteiger partial charge in [0.2, 0.25) is 0 Å². The van der Waals surface area contributed by atoms with Crippen LogP contribution >= 0.6 is 0 Å². The quantitative estimate of drug-likeness (QED) is 0.822. The second-order valence-corrected chi connectivity index (χ2v) is 5.00.